The quantitative estimate of drug-likeness (QED) is 0.685. The molecule has 0 amide bonds. The Labute approximate surface area is 94.2 Å². The van der Waals surface area contributed by atoms with Crippen LogP contribution in [0.3, 0.4) is 0 Å². The SMILES string of the molecule is Brc1cccnc1.ClOCl.[Se]. The molecular weight excluding hydrogens is 320 g/mol. The van der Waals surface area contributed by atoms with Gasteiger partial charge in [-0.15, -0.1) is 0 Å². The summed E-state index contributed by atoms with van der Waals surface area (Å²) in [5, 5.41) is 0. The Hall–Kier alpha value is 0.689. The van der Waals surface area contributed by atoms with Crippen LogP contribution in [0.1, 0.15) is 0 Å². The summed E-state index contributed by atoms with van der Waals surface area (Å²) < 4.78 is 4.22. The van der Waals surface area contributed by atoms with Crippen molar-refractivity contribution in [3.63, 3.8) is 0 Å². The van der Waals surface area contributed by atoms with E-state index in [9.17, 15) is 0 Å². The van der Waals surface area contributed by atoms with Crippen LogP contribution < -0.4 is 0 Å². The van der Waals surface area contributed by atoms with Gasteiger partial charge in [0.15, 0.2) is 0 Å². The van der Waals surface area contributed by atoms with Crippen molar-refractivity contribution in [2.75, 3.05) is 0 Å². The third kappa shape index (κ3) is 10.7. The number of nitrogens with zero attached hydrogens (tertiary/aromatic N) is 1. The third-order valence-electron chi connectivity index (χ3n) is 0.625. The minimum atomic E-state index is 0. The van der Waals surface area contributed by atoms with Gasteiger partial charge in [0, 0.05) is 33.9 Å². The van der Waals surface area contributed by atoms with E-state index in [1.165, 1.54) is 0 Å². The zero-order chi connectivity index (χ0) is 7.82. The number of pyridine rings is 1. The van der Waals surface area contributed by atoms with Gasteiger partial charge >= 0.3 is 0 Å². The van der Waals surface area contributed by atoms with Gasteiger partial charge in [0.25, 0.3) is 0 Å². The van der Waals surface area contributed by atoms with Crippen LogP contribution in [0.15, 0.2) is 29.0 Å². The molecule has 0 aromatic carbocycles. The van der Waals surface area contributed by atoms with Crippen LogP contribution in [0.5, 0.6) is 0 Å². The van der Waals surface area contributed by atoms with Gasteiger partial charge in [-0.1, -0.05) is 0 Å². The molecule has 1 aromatic rings. The molecule has 0 aliphatic carbocycles. The molecule has 0 spiro atoms. The molecule has 0 fully saturated rings. The van der Waals surface area contributed by atoms with Gasteiger partial charge in [-0.05, 0) is 28.1 Å². The first kappa shape index (κ1) is 14.2. The van der Waals surface area contributed by atoms with E-state index in [1.807, 2.05) is 12.1 Å². The fourth-order valence-electron chi connectivity index (χ4n) is 0.342. The van der Waals surface area contributed by atoms with E-state index >= 15 is 0 Å². The van der Waals surface area contributed by atoms with E-state index < -0.39 is 0 Å². The van der Waals surface area contributed by atoms with Crippen LogP contribution in [0, 0.1) is 0 Å². The molecule has 1 rings (SSSR count). The van der Waals surface area contributed by atoms with Crippen LogP contribution in [-0.4, -0.2) is 22.1 Å². The molecule has 11 heavy (non-hydrogen) atoms. The number of halogens is 3. The molecule has 2 radical (unpaired) electrons. The van der Waals surface area contributed by atoms with E-state index in [0.717, 1.165) is 4.47 Å². The molecule has 62 valence electrons. The summed E-state index contributed by atoms with van der Waals surface area (Å²) in [6.45, 7) is 0. The Morgan fingerprint density at radius 1 is 1.45 bits per heavy atom. The Bertz CT molecular complexity index is 166. The van der Waals surface area contributed by atoms with Crippen LogP contribution in [0.2, 0.25) is 0 Å². The number of aromatic nitrogens is 1. The van der Waals surface area contributed by atoms with Crippen molar-refractivity contribution in [3.8, 4) is 0 Å². The topological polar surface area (TPSA) is 22.1 Å². The average Bonchev–Trinajstić information content (AvgIpc) is 1.91. The van der Waals surface area contributed by atoms with E-state index in [1.54, 1.807) is 12.4 Å². The molecule has 2 nitrogen and oxygen atoms in total. The van der Waals surface area contributed by atoms with Crippen molar-refractivity contribution >= 4 is 56.7 Å². The molecular formula is C5H4BrCl2NOSe. The maximum absolute atomic E-state index is 4.26. The van der Waals surface area contributed by atoms with E-state index in [4.69, 9.17) is 0 Å². The zero-order valence-corrected chi connectivity index (χ0v) is 10.0. The normalized spacial score (nSPS) is 7.18. The summed E-state index contributed by atoms with van der Waals surface area (Å²) in [5.41, 5.74) is 0. The second-order valence-electron chi connectivity index (χ2n) is 1.23. The predicted molar refractivity (Wildman–Crippen MR) is 50.5 cm³/mol. The van der Waals surface area contributed by atoms with Gasteiger partial charge in [0.1, 0.15) is 0 Å². The summed E-state index contributed by atoms with van der Waals surface area (Å²) in [7, 11) is 0. The molecule has 6 heteroatoms. The minimum absolute atomic E-state index is 0. The minimum Gasteiger partial charge on any atom is -0.264 e. The molecule has 0 bridgehead atoms. The summed E-state index contributed by atoms with van der Waals surface area (Å²) in [6.07, 6.45) is 3.49. The molecule has 0 unspecified atom stereocenters. The van der Waals surface area contributed by atoms with Crippen LogP contribution >= 0.6 is 39.7 Å². The summed E-state index contributed by atoms with van der Waals surface area (Å²) in [4.78, 5) is 3.84. The van der Waals surface area contributed by atoms with Crippen molar-refractivity contribution in [3.05, 3.63) is 29.0 Å². The standard InChI is InChI=1S/C5H4BrN.Cl2O.Se/c6-5-2-1-3-7-4-5;1-3-2;/h1-4H;;. The fraction of sp³-hybridized carbons (Fsp3) is 0. The molecule has 1 aromatic heterocycles. The first-order valence-corrected chi connectivity index (χ1v) is 3.67. The van der Waals surface area contributed by atoms with Gasteiger partial charge in [-0.2, -0.15) is 3.84 Å². The first-order valence-electron chi connectivity index (χ1n) is 2.26. The van der Waals surface area contributed by atoms with Crippen molar-refractivity contribution in [2.45, 2.75) is 0 Å². The third-order valence-corrected chi connectivity index (χ3v) is 1.09. The van der Waals surface area contributed by atoms with Gasteiger partial charge in [0.05, 0.1) is 23.7 Å². The van der Waals surface area contributed by atoms with E-state index in [2.05, 4.69) is 48.5 Å². The molecule has 1 heterocycles. The first-order chi connectivity index (χ1) is 4.81. The molecule has 0 N–H and O–H groups in total. The van der Waals surface area contributed by atoms with E-state index in [-0.39, 0.29) is 17.1 Å². The van der Waals surface area contributed by atoms with Gasteiger partial charge in [0.2, 0.25) is 0 Å². The Morgan fingerprint density at radius 3 is 2.18 bits per heavy atom. The monoisotopic (exact) mass is 323 g/mol. The summed E-state index contributed by atoms with van der Waals surface area (Å²) in [5.74, 6) is 0. The number of hydrogen-bond acceptors (Lipinski definition) is 2. The Balaban J connectivity index is 0. The molecule has 0 saturated carbocycles. The van der Waals surface area contributed by atoms with Crippen molar-refractivity contribution in [1.29, 1.82) is 0 Å². The molecule has 0 aliphatic rings. The predicted octanol–water partition coefficient (Wildman–Crippen LogP) is 2.77. The Kier molecular flexibility index (Phi) is 13.8. The molecule has 0 saturated heterocycles. The maximum Gasteiger partial charge on any atom is 0.0832 e. The zero-order valence-electron chi connectivity index (χ0n) is 5.21. The maximum atomic E-state index is 4.26. The van der Waals surface area contributed by atoms with Gasteiger partial charge in [-0.3, -0.25) is 4.98 Å². The van der Waals surface area contributed by atoms with Crippen molar-refractivity contribution < 1.29 is 3.84 Å². The second-order valence-corrected chi connectivity index (χ2v) is 2.61. The summed E-state index contributed by atoms with van der Waals surface area (Å²) >= 11 is 11.8. The van der Waals surface area contributed by atoms with Crippen LogP contribution in [0.25, 0.3) is 0 Å². The van der Waals surface area contributed by atoms with Crippen LogP contribution in [0.4, 0.5) is 0 Å². The fourth-order valence-corrected chi connectivity index (χ4v) is 0.613. The van der Waals surface area contributed by atoms with E-state index in [0.29, 0.717) is 0 Å². The summed E-state index contributed by atoms with van der Waals surface area (Å²) in [6, 6.07) is 3.82. The molecule has 0 atom stereocenters. The van der Waals surface area contributed by atoms with Crippen molar-refractivity contribution in [1.82, 2.24) is 4.98 Å². The van der Waals surface area contributed by atoms with Gasteiger partial charge in [-0.25, -0.2) is 0 Å². The number of rotatable bonds is 0. The molecule has 0 aliphatic heterocycles. The smallest absolute Gasteiger partial charge is 0.0832 e. The number of hydrogen-bond donors (Lipinski definition) is 0. The van der Waals surface area contributed by atoms with Crippen LogP contribution in [-0.2, 0) is 3.84 Å². The largest absolute Gasteiger partial charge is 0.264 e. The average molecular weight is 324 g/mol. The Morgan fingerprint density at radius 2 is 2.00 bits per heavy atom. The second kappa shape index (κ2) is 10.7. The van der Waals surface area contributed by atoms with Gasteiger partial charge < -0.3 is 0 Å². The van der Waals surface area contributed by atoms with Crippen molar-refractivity contribution in [2.24, 2.45) is 0 Å².